The van der Waals surface area contributed by atoms with Crippen molar-refractivity contribution < 1.29 is 9.15 Å². The lowest BCUT2D eigenvalue weighted by Crippen LogP contribution is -2.30. The number of hydrogen-bond acceptors (Lipinski definition) is 3. The molecule has 0 saturated carbocycles. The van der Waals surface area contributed by atoms with Gasteiger partial charge in [0.25, 0.3) is 0 Å². The molecule has 2 rings (SSSR count). The minimum atomic E-state index is 0.551. The standard InChI is InChI=1S/C10H15NO2/c1-2-10(13-6-1)3-5-11-9-4-7-12-8-9/h1-2,6,9,11H,3-5,7-8H2. The van der Waals surface area contributed by atoms with Crippen molar-refractivity contribution in [1.82, 2.24) is 5.32 Å². The predicted octanol–water partition coefficient (Wildman–Crippen LogP) is 1.20. The second kappa shape index (κ2) is 4.44. The molecule has 72 valence electrons. The third-order valence-corrected chi connectivity index (χ3v) is 2.31. The zero-order valence-corrected chi connectivity index (χ0v) is 7.66. The lowest BCUT2D eigenvalue weighted by molar-refractivity contribution is 0.190. The first-order valence-electron chi connectivity index (χ1n) is 4.78. The van der Waals surface area contributed by atoms with Crippen LogP contribution in [0.2, 0.25) is 0 Å². The van der Waals surface area contributed by atoms with Crippen molar-refractivity contribution in [3.05, 3.63) is 24.2 Å². The van der Waals surface area contributed by atoms with Crippen LogP contribution in [0.3, 0.4) is 0 Å². The van der Waals surface area contributed by atoms with E-state index in [0.29, 0.717) is 6.04 Å². The summed E-state index contributed by atoms with van der Waals surface area (Å²) in [6.45, 7) is 2.73. The van der Waals surface area contributed by atoms with E-state index in [-0.39, 0.29) is 0 Å². The number of ether oxygens (including phenoxy) is 1. The molecule has 1 saturated heterocycles. The van der Waals surface area contributed by atoms with Crippen LogP contribution >= 0.6 is 0 Å². The molecule has 0 aliphatic carbocycles. The van der Waals surface area contributed by atoms with E-state index in [2.05, 4.69) is 5.32 Å². The molecular formula is C10H15NO2. The van der Waals surface area contributed by atoms with Gasteiger partial charge in [0, 0.05) is 25.6 Å². The maximum Gasteiger partial charge on any atom is 0.105 e. The van der Waals surface area contributed by atoms with Crippen LogP contribution in [0.25, 0.3) is 0 Å². The Bertz CT molecular complexity index is 227. The van der Waals surface area contributed by atoms with Gasteiger partial charge in [0.15, 0.2) is 0 Å². The maximum atomic E-state index is 5.26. The van der Waals surface area contributed by atoms with E-state index in [1.165, 1.54) is 0 Å². The average molecular weight is 181 g/mol. The minimum absolute atomic E-state index is 0.551. The summed E-state index contributed by atoms with van der Waals surface area (Å²) in [6, 6.07) is 4.48. The van der Waals surface area contributed by atoms with Crippen LogP contribution in [0.1, 0.15) is 12.2 Å². The number of furan rings is 1. The molecule has 0 aromatic carbocycles. The molecule has 13 heavy (non-hydrogen) atoms. The van der Waals surface area contributed by atoms with Gasteiger partial charge in [0.05, 0.1) is 12.9 Å². The molecule has 3 heteroatoms. The summed E-state index contributed by atoms with van der Waals surface area (Å²) < 4.78 is 10.5. The Kier molecular flexibility index (Phi) is 3.00. The molecule has 0 bridgehead atoms. The summed E-state index contributed by atoms with van der Waals surface area (Å²) in [4.78, 5) is 0. The smallest absolute Gasteiger partial charge is 0.105 e. The van der Waals surface area contributed by atoms with Crippen molar-refractivity contribution in [3.8, 4) is 0 Å². The Morgan fingerprint density at radius 1 is 1.54 bits per heavy atom. The first-order valence-corrected chi connectivity index (χ1v) is 4.78. The normalized spacial score (nSPS) is 22.3. The Morgan fingerprint density at radius 2 is 2.54 bits per heavy atom. The van der Waals surface area contributed by atoms with E-state index < -0.39 is 0 Å². The molecule has 2 heterocycles. The first-order chi connectivity index (χ1) is 6.45. The van der Waals surface area contributed by atoms with Gasteiger partial charge in [0.1, 0.15) is 5.76 Å². The highest BCUT2D eigenvalue weighted by Gasteiger charge is 2.13. The van der Waals surface area contributed by atoms with E-state index in [0.717, 1.165) is 38.4 Å². The molecule has 1 fully saturated rings. The topological polar surface area (TPSA) is 34.4 Å². The van der Waals surface area contributed by atoms with Crippen molar-refractivity contribution in [3.63, 3.8) is 0 Å². The lowest BCUT2D eigenvalue weighted by atomic mass is 10.2. The van der Waals surface area contributed by atoms with Crippen LogP contribution in [0.4, 0.5) is 0 Å². The van der Waals surface area contributed by atoms with Crippen LogP contribution in [-0.2, 0) is 11.2 Å². The van der Waals surface area contributed by atoms with Crippen molar-refractivity contribution in [2.24, 2.45) is 0 Å². The summed E-state index contributed by atoms with van der Waals surface area (Å²) in [5.74, 6) is 1.05. The summed E-state index contributed by atoms with van der Waals surface area (Å²) >= 11 is 0. The number of hydrogen-bond donors (Lipinski definition) is 1. The van der Waals surface area contributed by atoms with Crippen molar-refractivity contribution in [2.75, 3.05) is 19.8 Å². The quantitative estimate of drug-likeness (QED) is 0.758. The van der Waals surface area contributed by atoms with E-state index in [1.807, 2.05) is 12.1 Å². The van der Waals surface area contributed by atoms with Crippen LogP contribution in [0.5, 0.6) is 0 Å². The molecule has 1 aromatic heterocycles. The van der Waals surface area contributed by atoms with Crippen molar-refractivity contribution in [2.45, 2.75) is 18.9 Å². The summed E-state index contributed by atoms with van der Waals surface area (Å²) in [5, 5.41) is 3.43. The highest BCUT2D eigenvalue weighted by Crippen LogP contribution is 2.04. The summed E-state index contributed by atoms with van der Waals surface area (Å²) in [5.41, 5.74) is 0. The van der Waals surface area contributed by atoms with Crippen molar-refractivity contribution in [1.29, 1.82) is 0 Å². The molecule has 1 aliphatic heterocycles. The molecule has 1 atom stereocenters. The summed E-state index contributed by atoms with van der Waals surface area (Å²) in [7, 11) is 0. The molecule has 1 unspecified atom stereocenters. The van der Waals surface area contributed by atoms with Gasteiger partial charge in [-0.2, -0.15) is 0 Å². The zero-order chi connectivity index (χ0) is 8.93. The van der Waals surface area contributed by atoms with Crippen LogP contribution in [0, 0.1) is 0 Å². The molecule has 1 N–H and O–H groups in total. The monoisotopic (exact) mass is 181 g/mol. The molecular weight excluding hydrogens is 166 g/mol. The van der Waals surface area contributed by atoms with Gasteiger partial charge in [-0.1, -0.05) is 0 Å². The van der Waals surface area contributed by atoms with Gasteiger partial charge in [-0.25, -0.2) is 0 Å². The second-order valence-corrected chi connectivity index (χ2v) is 3.34. The molecule has 0 amide bonds. The largest absolute Gasteiger partial charge is 0.469 e. The molecule has 1 aliphatic rings. The van der Waals surface area contributed by atoms with Gasteiger partial charge < -0.3 is 14.5 Å². The van der Waals surface area contributed by atoms with E-state index in [9.17, 15) is 0 Å². The average Bonchev–Trinajstić information content (AvgIpc) is 2.75. The van der Waals surface area contributed by atoms with Gasteiger partial charge in [-0.3, -0.25) is 0 Å². The van der Waals surface area contributed by atoms with Gasteiger partial charge >= 0.3 is 0 Å². The third-order valence-electron chi connectivity index (χ3n) is 2.31. The fourth-order valence-corrected chi connectivity index (χ4v) is 1.55. The van der Waals surface area contributed by atoms with E-state index in [1.54, 1.807) is 6.26 Å². The molecule has 0 radical (unpaired) electrons. The Labute approximate surface area is 78.1 Å². The van der Waals surface area contributed by atoms with Crippen LogP contribution in [-0.4, -0.2) is 25.8 Å². The Hall–Kier alpha value is -0.800. The van der Waals surface area contributed by atoms with Gasteiger partial charge in [-0.15, -0.1) is 0 Å². The van der Waals surface area contributed by atoms with E-state index >= 15 is 0 Å². The minimum Gasteiger partial charge on any atom is -0.469 e. The molecule has 3 nitrogen and oxygen atoms in total. The zero-order valence-electron chi connectivity index (χ0n) is 7.66. The fraction of sp³-hybridized carbons (Fsp3) is 0.600. The first kappa shape index (κ1) is 8.78. The second-order valence-electron chi connectivity index (χ2n) is 3.34. The third kappa shape index (κ3) is 2.57. The van der Waals surface area contributed by atoms with Crippen molar-refractivity contribution >= 4 is 0 Å². The van der Waals surface area contributed by atoms with Crippen LogP contribution in [0.15, 0.2) is 22.8 Å². The highest BCUT2D eigenvalue weighted by molar-refractivity contribution is 4.98. The van der Waals surface area contributed by atoms with Gasteiger partial charge in [-0.05, 0) is 18.6 Å². The maximum absolute atomic E-state index is 5.26. The highest BCUT2D eigenvalue weighted by atomic mass is 16.5. The van der Waals surface area contributed by atoms with E-state index in [4.69, 9.17) is 9.15 Å². The molecule has 1 aromatic rings. The lowest BCUT2D eigenvalue weighted by Gasteiger charge is -2.08. The Morgan fingerprint density at radius 3 is 3.23 bits per heavy atom. The number of rotatable bonds is 4. The number of nitrogens with one attached hydrogen (secondary N) is 1. The van der Waals surface area contributed by atoms with Crippen LogP contribution < -0.4 is 5.32 Å². The summed E-state index contributed by atoms with van der Waals surface area (Å²) in [6.07, 6.45) is 3.82. The van der Waals surface area contributed by atoms with Gasteiger partial charge in [0.2, 0.25) is 0 Å². The molecule has 0 spiro atoms. The SMILES string of the molecule is c1coc(CCNC2CCOC2)c1. The Balaban J connectivity index is 1.63. The fourth-order valence-electron chi connectivity index (χ4n) is 1.55. The predicted molar refractivity (Wildman–Crippen MR) is 49.6 cm³/mol.